The van der Waals surface area contributed by atoms with E-state index in [0.29, 0.717) is 10.6 Å². The predicted molar refractivity (Wildman–Crippen MR) is 82.2 cm³/mol. The van der Waals surface area contributed by atoms with E-state index in [4.69, 9.17) is 16.7 Å². The molecule has 0 radical (unpaired) electrons. The SMILES string of the molecule is Cc1cc(C(=O)Nc2ccc(C(=O)O)c(F)c2)cc(Cl)c1C. The van der Waals surface area contributed by atoms with Gasteiger partial charge in [0.2, 0.25) is 0 Å². The molecule has 0 bridgehead atoms. The van der Waals surface area contributed by atoms with Gasteiger partial charge < -0.3 is 10.4 Å². The Labute approximate surface area is 131 Å². The number of aromatic carboxylic acids is 1. The zero-order valence-corrected chi connectivity index (χ0v) is 12.7. The van der Waals surface area contributed by atoms with Gasteiger partial charge >= 0.3 is 5.97 Å². The third-order valence-corrected chi connectivity index (χ3v) is 3.72. The minimum atomic E-state index is -1.36. The summed E-state index contributed by atoms with van der Waals surface area (Å²) in [5.74, 6) is -2.73. The minimum Gasteiger partial charge on any atom is -0.478 e. The fourth-order valence-electron chi connectivity index (χ4n) is 1.92. The average molecular weight is 322 g/mol. The number of hydrogen-bond acceptors (Lipinski definition) is 2. The number of carboxylic acid groups (broad SMARTS) is 1. The molecule has 0 atom stereocenters. The van der Waals surface area contributed by atoms with Gasteiger partial charge in [0.05, 0.1) is 5.56 Å². The molecule has 2 rings (SSSR count). The van der Waals surface area contributed by atoms with Crippen LogP contribution in [0.5, 0.6) is 0 Å². The summed E-state index contributed by atoms with van der Waals surface area (Å²) in [5, 5.41) is 11.7. The van der Waals surface area contributed by atoms with Crippen LogP contribution in [-0.2, 0) is 0 Å². The Balaban J connectivity index is 2.26. The molecule has 0 fully saturated rings. The molecule has 0 aromatic heterocycles. The molecule has 2 aromatic carbocycles. The first-order valence-corrected chi connectivity index (χ1v) is 6.78. The van der Waals surface area contributed by atoms with Crippen LogP contribution in [0.3, 0.4) is 0 Å². The highest BCUT2D eigenvalue weighted by molar-refractivity contribution is 6.32. The molecule has 0 saturated heterocycles. The topological polar surface area (TPSA) is 66.4 Å². The van der Waals surface area contributed by atoms with Crippen molar-refractivity contribution in [3.63, 3.8) is 0 Å². The Morgan fingerprint density at radius 3 is 2.41 bits per heavy atom. The van der Waals surface area contributed by atoms with Crippen molar-refractivity contribution in [3.05, 3.63) is 63.4 Å². The van der Waals surface area contributed by atoms with Crippen LogP contribution in [0, 0.1) is 19.7 Å². The number of aryl methyl sites for hydroxylation is 1. The maximum atomic E-state index is 13.6. The standard InChI is InChI=1S/C16H13ClFNO3/c1-8-5-10(6-13(17)9(8)2)15(20)19-11-3-4-12(16(21)22)14(18)7-11/h3-7H,1-2H3,(H,19,20)(H,21,22). The number of rotatable bonds is 3. The van der Waals surface area contributed by atoms with Gasteiger partial charge in [-0.1, -0.05) is 11.6 Å². The van der Waals surface area contributed by atoms with Crippen molar-refractivity contribution in [1.82, 2.24) is 0 Å². The molecule has 0 aliphatic rings. The highest BCUT2D eigenvalue weighted by Crippen LogP contribution is 2.22. The third kappa shape index (κ3) is 3.26. The van der Waals surface area contributed by atoms with Crippen molar-refractivity contribution in [2.24, 2.45) is 0 Å². The molecule has 0 aliphatic heterocycles. The molecule has 0 heterocycles. The summed E-state index contributed by atoms with van der Waals surface area (Å²) in [6.45, 7) is 3.68. The van der Waals surface area contributed by atoms with Gasteiger partial charge in [0.15, 0.2) is 0 Å². The Hall–Kier alpha value is -2.40. The Bertz CT molecular complexity index is 751. The molecule has 0 saturated carbocycles. The molecule has 22 heavy (non-hydrogen) atoms. The highest BCUT2D eigenvalue weighted by Gasteiger charge is 2.13. The van der Waals surface area contributed by atoms with E-state index in [2.05, 4.69) is 5.32 Å². The van der Waals surface area contributed by atoms with Crippen LogP contribution in [0.15, 0.2) is 30.3 Å². The molecule has 2 N–H and O–H groups in total. The lowest BCUT2D eigenvalue weighted by Crippen LogP contribution is -2.13. The van der Waals surface area contributed by atoms with E-state index >= 15 is 0 Å². The van der Waals surface area contributed by atoms with E-state index in [9.17, 15) is 14.0 Å². The Morgan fingerprint density at radius 2 is 1.86 bits per heavy atom. The first-order valence-electron chi connectivity index (χ1n) is 6.40. The fourth-order valence-corrected chi connectivity index (χ4v) is 2.18. The summed E-state index contributed by atoms with van der Waals surface area (Å²) < 4.78 is 13.6. The van der Waals surface area contributed by atoms with E-state index in [0.717, 1.165) is 23.3 Å². The summed E-state index contributed by atoms with van der Waals surface area (Å²) in [6.07, 6.45) is 0. The molecule has 0 unspecified atom stereocenters. The summed E-state index contributed by atoms with van der Waals surface area (Å²) in [4.78, 5) is 22.9. The number of hydrogen-bond donors (Lipinski definition) is 2. The average Bonchev–Trinajstić information content (AvgIpc) is 2.43. The maximum absolute atomic E-state index is 13.6. The molecular formula is C16H13ClFNO3. The molecule has 2 aromatic rings. The Morgan fingerprint density at radius 1 is 1.18 bits per heavy atom. The third-order valence-electron chi connectivity index (χ3n) is 3.32. The maximum Gasteiger partial charge on any atom is 0.338 e. The van der Waals surface area contributed by atoms with Gasteiger partial charge in [-0.05, 0) is 55.3 Å². The normalized spacial score (nSPS) is 10.4. The summed E-state index contributed by atoms with van der Waals surface area (Å²) in [5.41, 5.74) is 1.81. The van der Waals surface area contributed by atoms with Crippen molar-refractivity contribution in [1.29, 1.82) is 0 Å². The smallest absolute Gasteiger partial charge is 0.338 e. The second-order valence-electron chi connectivity index (χ2n) is 4.85. The highest BCUT2D eigenvalue weighted by atomic mass is 35.5. The molecule has 114 valence electrons. The van der Waals surface area contributed by atoms with Crippen LogP contribution in [0.25, 0.3) is 0 Å². The molecule has 1 amide bonds. The van der Waals surface area contributed by atoms with Gasteiger partial charge in [-0.2, -0.15) is 0 Å². The lowest BCUT2D eigenvalue weighted by atomic mass is 10.1. The number of anilines is 1. The number of benzene rings is 2. The molecule has 0 aliphatic carbocycles. The van der Waals surface area contributed by atoms with Crippen molar-refractivity contribution < 1.29 is 19.1 Å². The van der Waals surface area contributed by atoms with Gasteiger partial charge in [-0.3, -0.25) is 4.79 Å². The zero-order valence-electron chi connectivity index (χ0n) is 11.9. The number of amides is 1. The van der Waals surface area contributed by atoms with Gasteiger partial charge in [0.25, 0.3) is 5.91 Å². The number of nitrogens with one attached hydrogen (secondary N) is 1. The quantitative estimate of drug-likeness (QED) is 0.896. The van der Waals surface area contributed by atoms with Gasteiger partial charge in [-0.25, -0.2) is 9.18 Å². The zero-order chi connectivity index (χ0) is 16.4. The first kappa shape index (κ1) is 16.0. The molecule has 0 spiro atoms. The van der Waals surface area contributed by atoms with Crippen LogP contribution in [0.2, 0.25) is 5.02 Å². The van der Waals surface area contributed by atoms with E-state index in [1.54, 1.807) is 6.07 Å². The second kappa shape index (κ2) is 6.15. The summed E-state index contributed by atoms with van der Waals surface area (Å²) >= 11 is 6.04. The van der Waals surface area contributed by atoms with E-state index in [1.165, 1.54) is 12.1 Å². The van der Waals surface area contributed by atoms with Crippen molar-refractivity contribution in [2.75, 3.05) is 5.32 Å². The van der Waals surface area contributed by atoms with E-state index < -0.39 is 23.3 Å². The summed E-state index contributed by atoms with van der Waals surface area (Å²) in [7, 11) is 0. The number of carboxylic acids is 1. The van der Waals surface area contributed by atoms with Gasteiger partial charge in [0, 0.05) is 16.3 Å². The summed E-state index contributed by atoms with van der Waals surface area (Å²) in [6, 6.07) is 6.59. The van der Waals surface area contributed by atoms with Gasteiger partial charge in [-0.15, -0.1) is 0 Å². The van der Waals surface area contributed by atoms with Crippen LogP contribution in [0.4, 0.5) is 10.1 Å². The number of carbonyl (C=O) groups is 2. The lowest BCUT2D eigenvalue weighted by molar-refractivity contribution is 0.0692. The van der Waals surface area contributed by atoms with Crippen LogP contribution in [0.1, 0.15) is 31.8 Å². The molecular weight excluding hydrogens is 309 g/mol. The molecule has 4 nitrogen and oxygen atoms in total. The van der Waals surface area contributed by atoms with Crippen LogP contribution < -0.4 is 5.32 Å². The lowest BCUT2D eigenvalue weighted by Gasteiger charge is -2.09. The monoisotopic (exact) mass is 321 g/mol. The van der Waals surface area contributed by atoms with Crippen LogP contribution in [-0.4, -0.2) is 17.0 Å². The van der Waals surface area contributed by atoms with E-state index in [-0.39, 0.29) is 5.69 Å². The largest absolute Gasteiger partial charge is 0.478 e. The number of carbonyl (C=O) groups excluding carboxylic acids is 1. The Kier molecular flexibility index (Phi) is 4.47. The van der Waals surface area contributed by atoms with Crippen molar-refractivity contribution >= 4 is 29.2 Å². The van der Waals surface area contributed by atoms with E-state index in [1.807, 2.05) is 13.8 Å². The second-order valence-corrected chi connectivity index (χ2v) is 5.26. The van der Waals surface area contributed by atoms with Gasteiger partial charge in [0.1, 0.15) is 5.82 Å². The van der Waals surface area contributed by atoms with Crippen LogP contribution >= 0.6 is 11.6 Å². The minimum absolute atomic E-state index is 0.168. The predicted octanol–water partition coefficient (Wildman–Crippen LogP) is 4.05. The van der Waals surface area contributed by atoms with Crippen molar-refractivity contribution in [2.45, 2.75) is 13.8 Å². The van der Waals surface area contributed by atoms with Crippen molar-refractivity contribution in [3.8, 4) is 0 Å². The molecule has 6 heteroatoms. The first-order chi connectivity index (χ1) is 10.3. The fraction of sp³-hybridized carbons (Fsp3) is 0.125. The number of halogens is 2.